The summed E-state index contributed by atoms with van der Waals surface area (Å²) in [5.41, 5.74) is 2.47. The molecule has 0 radical (unpaired) electrons. The first-order valence-corrected chi connectivity index (χ1v) is 9.78. The number of benzene rings is 2. The molecule has 0 amide bonds. The van der Waals surface area contributed by atoms with Gasteiger partial charge in [-0.25, -0.2) is 4.52 Å². The topological polar surface area (TPSA) is 57.9 Å². The summed E-state index contributed by atoms with van der Waals surface area (Å²) in [5, 5.41) is 7.76. The van der Waals surface area contributed by atoms with E-state index in [1.807, 2.05) is 29.6 Å². The number of hydrogen-bond donors (Lipinski definition) is 0. The first-order chi connectivity index (χ1) is 13.5. The molecule has 0 N–H and O–H groups in total. The lowest BCUT2D eigenvalue weighted by Gasteiger charge is -2.12. The molecular formula is C19H15Cl2N3O3S. The fourth-order valence-corrected chi connectivity index (χ4v) is 4.27. The van der Waals surface area contributed by atoms with Gasteiger partial charge in [0, 0.05) is 26.6 Å². The molecule has 0 atom stereocenters. The summed E-state index contributed by atoms with van der Waals surface area (Å²) >= 11 is 13.8. The van der Waals surface area contributed by atoms with Crippen LogP contribution in [0.5, 0.6) is 17.2 Å². The van der Waals surface area contributed by atoms with Gasteiger partial charge in [-0.3, -0.25) is 0 Å². The number of rotatable bonds is 5. The van der Waals surface area contributed by atoms with Crippen molar-refractivity contribution < 1.29 is 14.2 Å². The van der Waals surface area contributed by atoms with Crippen LogP contribution in [0.15, 0.2) is 35.7 Å². The molecule has 0 aliphatic carbocycles. The lowest BCUT2D eigenvalue weighted by molar-refractivity contribution is 0.324. The lowest BCUT2D eigenvalue weighted by atomic mass is 10.1. The summed E-state index contributed by atoms with van der Waals surface area (Å²) in [5.74, 6) is 2.14. The Balaban J connectivity index is 1.85. The number of hydrogen-bond acceptors (Lipinski definition) is 6. The van der Waals surface area contributed by atoms with Crippen molar-refractivity contribution in [1.29, 1.82) is 0 Å². The van der Waals surface area contributed by atoms with Gasteiger partial charge in [-0.15, -0.1) is 16.4 Å². The maximum atomic E-state index is 6.15. The molecule has 6 nitrogen and oxygen atoms in total. The molecule has 0 saturated carbocycles. The molecule has 0 aliphatic heterocycles. The molecule has 0 spiro atoms. The van der Waals surface area contributed by atoms with Crippen LogP contribution >= 0.6 is 34.5 Å². The quantitative estimate of drug-likeness (QED) is 0.416. The van der Waals surface area contributed by atoms with Crippen molar-refractivity contribution in [3.63, 3.8) is 0 Å². The molecule has 4 rings (SSSR count). The second-order valence-corrected chi connectivity index (χ2v) is 7.53. The normalized spacial score (nSPS) is 11.0. The zero-order chi connectivity index (χ0) is 19.8. The van der Waals surface area contributed by atoms with Crippen molar-refractivity contribution in [2.75, 3.05) is 21.3 Å². The first kappa shape index (κ1) is 18.9. The van der Waals surface area contributed by atoms with E-state index < -0.39 is 0 Å². The third-order valence-corrected chi connectivity index (χ3v) is 5.42. The zero-order valence-electron chi connectivity index (χ0n) is 15.2. The van der Waals surface area contributed by atoms with Crippen LogP contribution in [0, 0.1) is 0 Å². The van der Waals surface area contributed by atoms with Gasteiger partial charge in [-0.2, -0.15) is 4.98 Å². The van der Waals surface area contributed by atoms with Crippen molar-refractivity contribution in [2.24, 2.45) is 0 Å². The predicted octanol–water partition coefficient (Wildman–Crippen LogP) is 5.46. The summed E-state index contributed by atoms with van der Waals surface area (Å²) in [4.78, 5) is 5.38. The highest BCUT2D eigenvalue weighted by molar-refractivity contribution is 7.15. The van der Waals surface area contributed by atoms with E-state index in [0.29, 0.717) is 33.1 Å². The molecule has 0 saturated heterocycles. The number of ether oxygens (including phenoxy) is 3. The summed E-state index contributed by atoms with van der Waals surface area (Å²) in [7, 11) is 4.70. The van der Waals surface area contributed by atoms with Crippen molar-refractivity contribution in [3.05, 3.63) is 45.8 Å². The summed E-state index contributed by atoms with van der Waals surface area (Å²) in [6.45, 7) is 0. The Morgan fingerprint density at radius 1 is 0.857 bits per heavy atom. The molecule has 28 heavy (non-hydrogen) atoms. The highest BCUT2D eigenvalue weighted by Gasteiger charge is 2.18. The molecule has 2 aromatic carbocycles. The minimum atomic E-state index is 0.518. The molecule has 2 heterocycles. The second kappa shape index (κ2) is 7.50. The van der Waals surface area contributed by atoms with Crippen molar-refractivity contribution in [1.82, 2.24) is 14.6 Å². The Hall–Kier alpha value is -2.48. The summed E-state index contributed by atoms with van der Waals surface area (Å²) < 4.78 is 18.0. The molecule has 9 heteroatoms. The summed E-state index contributed by atoms with van der Waals surface area (Å²) in [6, 6.07) is 9.01. The molecule has 2 aromatic heterocycles. The third-order valence-electron chi connectivity index (χ3n) is 4.16. The smallest absolute Gasteiger partial charge is 0.213 e. The van der Waals surface area contributed by atoms with E-state index in [4.69, 9.17) is 37.4 Å². The van der Waals surface area contributed by atoms with Crippen LogP contribution < -0.4 is 14.2 Å². The molecular weight excluding hydrogens is 421 g/mol. The van der Waals surface area contributed by atoms with Crippen LogP contribution in [0.25, 0.3) is 27.6 Å². The molecule has 0 unspecified atom stereocenters. The highest BCUT2D eigenvalue weighted by atomic mass is 35.5. The fourth-order valence-electron chi connectivity index (χ4n) is 2.91. The Morgan fingerprint density at radius 3 is 2.07 bits per heavy atom. The SMILES string of the molecule is COc1cc(-c2nc3scc(-c4cc(Cl)cc(Cl)c4)n3n2)cc(OC)c1OC. The average Bonchev–Trinajstić information content (AvgIpc) is 3.26. The number of methoxy groups -OCH3 is 3. The lowest BCUT2D eigenvalue weighted by Crippen LogP contribution is -1.96. The number of nitrogens with zero attached hydrogens (tertiary/aromatic N) is 3. The highest BCUT2D eigenvalue weighted by Crippen LogP contribution is 2.41. The zero-order valence-corrected chi connectivity index (χ0v) is 17.5. The minimum Gasteiger partial charge on any atom is -0.493 e. The molecule has 144 valence electrons. The van der Waals surface area contributed by atoms with E-state index in [0.717, 1.165) is 21.8 Å². The second-order valence-electron chi connectivity index (χ2n) is 5.82. The van der Waals surface area contributed by atoms with Crippen LogP contribution in [-0.2, 0) is 0 Å². The van der Waals surface area contributed by atoms with Gasteiger partial charge in [0.05, 0.1) is 27.0 Å². The van der Waals surface area contributed by atoms with Crippen LogP contribution in [-0.4, -0.2) is 35.9 Å². The fraction of sp³-hybridized carbons (Fsp3) is 0.158. The van der Waals surface area contributed by atoms with E-state index >= 15 is 0 Å². The van der Waals surface area contributed by atoms with Crippen molar-refractivity contribution in [2.45, 2.75) is 0 Å². The van der Waals surface area contributed by atoms with Gasteiger partial charge in [0.1, 0.15) is 0 Å². The Labute approximate surface area is 175 Å². The summed E-state index contributed by atoms with van der Waals surface area (Å²) in [6.07, 6.45) is 0. The van der Waals surface area contributed by atoms with E-state index in [-0.39, 0.29) is 0 Å². The van der Waals surface area contributed by atoms with Gasteiger partial charge >= 0.3 is 0 Å². The number of aromatic nitrogens is 3. The first-order valence-electron chi connectivity index (χ1n) is 8.15. The standard InChI is InChI=1S/C19H15Cl2N3O3S/c1-25-15-6-11(7-16(26-2)17(15)27-3)18-22-19-24(23-18)14(9-28-19)10-4-12(20)8-13(21)5-10/h4-9H,1-3H3. The largest absolute Gasteiger partial charge is 0.493 e. The van der Waals surface area contributed by atoms with Gasteiger partial charge in [-0.1, -0.05) is 23.2 Å². The van der Waals surface area contributed by atoms with E-state index in [1.54, 1.807) is 31.9 Å². The van der Waals surface area contributed by atoms with Crippen molar-refractivity contribution >= 4 is 39.5 Å². The van der Waals surface area contributed by atoms with Crippen LogP contribution in [0.3, 0.4) is 0 Å². The molecule has 0 bridgehead atoms. The maximum Gasteiger partial charge on any atom is 0.213 e. The predicted molar refractivity (Wildman–Crippen MR) is 111 cm³/mol. The van der Waals surface area contributed by atoms with Gasteiger partial charge < -0.3 is 14.2 Å². The Bertz CT molecular complexity index is 1130. The number of fused-ring (bicyclic) bond motifs is 1. The molecule has 0 aliphatic rings. The van der Waals surface area contributed by atoms with Gasteiger partial charge in [0.15, 0.2) is 17.3 Å². The van der Waals surface area contributed by atoms with E-state index in [1.165, 1.54) is 11.3 Å². The Kier molecular flexibility index (Phi) is 5.05. The van der Waals surface area contributed by atoms with Crippen LogP contribution in [0.1, 0.15) is 0 Å². The number of thiazole rings is 1. The monoisotopic (exact) mass is 435 g/mol. The average molecular weight is 436 g/mol. The van der Waals surface area contributed by atoms with E-state index in [2.05, 4.69) is 10.1 Å². The Morgan fingerprint density at radius 2 is 1.50 bits per heavy atom. The number of halogens is 2. The van der Waals surface area contributed by atoms with Gasteiger partial charge in [0.2, 0.25) is 10.7 Å². The van der Waals surface area contributed by atoms with E-state index in [9.17, 15) is 0 Å². The minimum absolute atomic E-state index is 0.518. The van der Waals surface area contributed by atoms with Gasteiger partial charge in [-0.05, 0) is 30.3 Å². The van der Waals surface area contributed by atoms with Crippen LogP contribution in [0.2, 0.25) is 10.0 Å². The van der Waals surface area contributed by atoms with Crippen molar-refractivity contribution in [3.8, 4) is 39.9 Å². The third kappa shape index (κ3) is 3.26. The molecule has 0 fully saturated rings. The van der Waals surface area contributed by atoms with Gasteiger partial charge in [0.25, 0.3) is 0 Å². The maximum absolute atomic E-state index is 6.15. The van der Waals surface area contributed by atoms with Crippen LogP contribution in [0.4, 0.5) is 0 Å². The molecule has 4 aromatic rings.